The molecule has 1 N–H and O–H groups in total. The number of hydrogen-bond donors (Lipinski definition) is 1. The number of phenolic OH excluding ortho intramolecular Hbond substituents is 1. The first-order valence-electron chi connectivity index (χ1n) is 8.00. The van der Waals surface area contributed by atoms with Gasteiger partial charge in [0.15, 0.2) is 5.78 Å². The highest BCUT2D eigenvalue weighted by molar-refractivity contribution is 6.06. The highest BCUT2D eigenvalue weighted by atomic mass is 16.5. The predicted molar refractivity (Wildman–Crippen MR) is 99.3 cm³/mol. The number of carbonyl (C=O) groups excluding carboxylic acids is 2. The molecular formula is C22H16O4. The molecule has 4 heteroatoms. The van der Waals surface area contributed by atoms with Crippen LogP contribution in [0.15, 0.2) is 84.9 Å². The van der Waals surface area contributed by atoms with E-state index in [1.807, 2.05) is 18.2 Å². The average Bonchev–Trinajstić information content (AvgIpc) is 2.68. The van der Waals surface area contributed by atoms with Gasteiger partial charge >= 0.3 is 5.97 Å². The molecule has 3 aromatic rings. The van der Waals surface area contributed by atoms with E-state index in [0.717, 1.165) is 5.56 Å². The second-order valence-corrected chi connectivity index (χ2v) is 5.57. The Labute approximate surface area is 151 Å². The van der Waals surface area contributed by atoms with Gasteiger partial charge in [-0.3, -0.25) is 4.79 Å². The summed E-state index contributed by atoms with van der Waals surface area (Å²) < 4.78 is 5.28. The monoisotopic (exact) mass is 344 g/mol. The highest BCUT2D eigenvalue weighted by Crippen LogP contribution is 2.17. The molecule has 0 aliphatic carbocycles. The van der Waals surface area contributed by atoms with E-state index < -0.39 is 5.97 Å². The molecule has 0 fully saturated rings. The summed E-state index contributed by atoms with van der Waals surface area (Å²) in [7, 11) is 0. The fraction of sp³-hybridized carbons (Fsp3) is 0. The Morgan fingerprint density at radius 3 is 2.08 bits per heavy atom. The molecule has 26 heavy (non-hydrogen) atoms. The number of benzene rings is 3. The van der Waals surface area contributed by atoms with Crippen LogP contribution in [0, 0.1) is 0 Å². The Kier molecular flexibility index (Phi) is 5.25. The van der Waals surface area contributed by atoms with E-state index in [2.05, 4.69) is 0 Å². The van der Waals surface area contributed by atoms with Crippen LogP contribution < -0.4 is 4.74 Å². The summed E-state index contributed by atoms with van der Waals surface area (Å²) >= 11 is 0. The van der Waals surface area contributed by atoms with Crippen LogP contribution in [-0.2, 0) is 0 Å². The summed E-state index contributed by atoms with van der Waals surface area (Å²) in [6.45, 7) is 0. The number of hydrogen-bond acceptors (Lipinski definition) is 4. The van der Waals surface area contributed by atoms with E-state index >= 15 is 0 Å². The van der Waals surface area contributed by atoms with Gasteiger partial charge in [0.1, 0.15) is 11.5 Å². The van der Waals surface area contributed by atoms with Crippen molar-refractivity contribution in [3.05, 3.63) is 102 Å². The van der Waals surface area contributed by atoms with Gasteiger partial charge in [0.25, 0.3) is 0 Å². The third-order valence-electron chi connectivity index (χ3n) is 3.68. The Morgan fingerprint density at radius 2 is 1.42 bits per heavy atom. The molecule has 0 spiro atoms. The van der Waals surface area contributed by atoms with Gasteiger partial charge in [0, 0.05) is 5.56 Å². The number of allylic oxidation sites excluding steroid dienone is 1. The Balaban J connectivity index is 1.63. The third-order valence-corrected chi connectivity index (χ3v) is 3.68. The van der Waals surface area contributed by atoms with Crippen LogP contribution >= 0.6 is 0 Å². The number of rotatable bonds is 5. The summed E-state index contributed by atoms with van der Waals surface area (Å²) in [5.74, 6) is -0.0988. The van der Waals surface area contributed by atoms with Gasteiger partial charge < -0.3 is 9.84 Å². The predicted octanol–water partition coefficient (Wildman–Crippen LogP) is 4.51. The summed E-state index contributed by atoms with van der Waals surface area (Å²) in [5, 5.41) is 9.24. The zero-order chi connectivity index (χ0) is 18.4. The summed E-state index contributed by atoms with van der Waals surface area (Å²) in [5.41, 5.74) is 1.79. The van der Waals surface area contributed by atoms with Crippen molar-refractivity contribution in [1.29, 1.82) is 0 Å². The van der Waals surface area contributed by atoms with Crippen molar-refractivity contribution in [2.24, 2.45) is 0 Å². The van der Waals surface area contributed by atoms with E-state index in [-0.39, 0.29) is 11.5 Å². The van der Waals surface area contributed by atoms with Crippen molar-refractivity contribution in [3.8, 4) is 11.5 Å². The lowest BCUT2D eigenvalue weighted by molar-refractivity contribution is 0.0734. The van der Waals surface area contributed by atoms with Crippen molar-refractivity contribution in [2.45, 2.75) is 0 Å². The lowest BCUT2D eigenvalue weighted by atomic mass is 10.1. The van der Waals surface area contributed by atoms with Crippen molar-refractivity contribution < 1.29 is 19.4 Å². The molecule has 0 aliphatic rings. The number of carbonyl (C=O) groups is 2. The van der Waals surface area contributed by atoms with Gasteiger partial charge in [0.05, 0.1) is 5.56 Å². The molecule has 0 saturated heterocycles. The maximum atomic E-state index is 12.0. The van der Waals surface area contributed by atoms with Crippen LogP contribution in [0.1, 0.15) is 26.3 Å². The average molecular weight is 344 g/mol. The number of aromatic hydroxyl groups is 1. The minimum atomic E-state index is -0.507. The molecule has 0 aromatic heterocycles. The maximum Gasteiger partial charge on any atom is 0.343 e. The molecule has 3 rings (SSSR count). The van der Waals surface area contributed by atoms with Crippen LogP contribution in [0.3, 0.4) is 0 Å². The third kappa shape index (κ3) is 4.45. The second-order valence-electron chi connectivity index (χ2n) is 5.57. The number of phenols is 1. The van der Waals surface area contributed by atoms with Crippen LogP contribution in [-0.4, -0.2) is 16.9 Å². The Bertz CT molecular complexity index is 924. The summed E-state index contributed by atoms with van der Waals surface area (Å²) in [4.78, 5) is 24.1. The molecule has 0 amide bonds. The topological polar surface area (TPSA) is 63.6 Å². The second kappa shape index (κ2) is 7.94. The molecule has 0 bridgehead atoms. The van der Waals surface area contributed by atoms with Crippen molar-refractivity contribution >= 4 is 17.8 Å². The first kappa shape index (κ1) is 17.2. The first-order chi connectivity index (χ1) is 12.6. The number of ether oxygens (including phenoxy) is 1. The standard InChI is InChI=1S/C22H16O4/c23-19-11-9-18(10-12-19)22(25)26-20-13-6-16(7-14-20)8-15-21(24)17-4-2-1-3-5-17/h1-15,23H/b15-8+. The summed E-state index contributed by atoms with van der Waals surface area (Å²) in [6.07, 6.45) is 3.22. The Hall–Kier alpha value is -3.66. The SMILES string of the molecule is O=C(/C=C/c1ccc(OC(=O)c2ccc(O)cc2)cc1)c1ccccc1. The van der Waals surface area contributed by atoms with E-state index in [4.69, 9.17) is 4.74 Å². The van der Waals surface area contributed by atoms with E-state index in [1.54, 1.807) is 42.5 Å². The smallest absolute Gasteiger partial charge is 0.343 e. The van der Waals surface area contributed by atoms with Gasteiger partial charge in [0.2, 0.25) is 0 Å². The zero-order valence-corrected chi connectivity index (χ0v) is 13.8. The quantitative estimate of drug-likeness (QED) is 0.320. The maximum absolute atomic E-state index is 12.0. The van der Waals surface area contributed by atoms with E-state index in [1.165, 1.54) is 30.3 Å². The first-order valence-corrected chi connectivity index (χ1v) is 8.00. The van der Waals surface area contributed by atoms with Gasteiger partial charge in [-0.25, -0.2) is 4.79 Å². The van der Waals surface area contributed by atoms with Crippen molar-refractivity contribution in [3.63, 3.8) is 0 Å². The van der Waals surface area contributed by atoms with Gasteiger partial charge in [-0.15, -0.1) is 0 Å². The van der Waals surface area contributed by atoms with Gasteiger partial charge in [-0.2, -0.15) is 0 Å². The minimum Gasteiger partial charge on any atom is -0.508 e. The zero-order valence-electron chi connectivity index (χ0n) is 13.8. The van der Waals surface area contributed by atoms with Crippen LogP contribution in [0.4, 0.5) is 0 Å². The lowest BCUT2D eigenvalue weighted by Gasteiger charge is -2.05. The Morgan fingerprint density at radius 1 is 0.769 bits per heavy atom. The summed E-state index contributed by atoms with van der Waals surface area (Å²) in [6, 6.07) is 21.7. The molecule has 0 radical (unpaired) electrons. The van der Waals surface area contributed by atoms with Crippen molar-refractivity contribution in [1.82, 2.24) is 0 Å². The van der Waals surface area contributed by atoms with Crippen LogP contribution in [0.2, 0.25) is 0 Å². The van der Waals surface area contributed by atoms with Crippen LogP contribution in [0.25, 0.3) is 6.08 Å². The molecular weight excluding hydrogens is 328 g/mol. The fourth-order valence-electron chi connectivity index (χ4n) is 2.28. The molecule has 0 aliphatic heterocycles. The molecule has 128 valence electrons. The number of ketones is 1. The molecule has 0 heterocycles. The highest BCUT2D eigenvalue weighted by Gasteiger charge is 2.08. The van der Waals surface area contributed by atoms with Gasteiger partial charge in [-0.1, -0.05) is 48.5 Å². The van der Waals surface area contributed by atoms with Crippen LogP contribution in [0.5, 0.6) is 11.5 Å². The van der Waals surface area contributed by atoms with E-state index in [0.29, 0.717) is 16.9 Å². The van der Waals surface area contributed by atoms with E-state index in [9.17, 15) is 14.7 Å². The molecule has 0 atom stereocenters. The minimum absolute atomic E-state index is 0.0755. The largest absolute Gasteiger partial charge is 0.508 e. The van der Waals surface area contributed by atoms with Gasteiger partial charge in [-0.05, 0) is 48.0 Å². The van der Waals surface area contributed by atoms with Crippen molar-refractivity contribution in [2.75, 3.05) is 0 Å². The molecule has 4 nitrogen and oxygen atoms in total. The molecule has 0 saturated carbocycles. The normalized spacial score (nSPS) is 10.6. The fourth-order valence-corrected chi connectivity index (χ4v) is 2.28. The molecule has 0 unspecified atom stereocenters. The lowest BCUT2D eigenvalue weighted by Crippen LogP contribution is -2.07. The molecule has 3 aromatic carbocycles. The number of esters is 1.